The first kappa shape index (κ1) is 10.3. The zero-order chi connectivity index (χ0) is 10.0. The molecule has 2 nitrogen and oxygen atoms in total. The molecule has 0 aliphatic carbocycles. The van der Waals surface area contributed by atoms with Crippen molar-refractivity contribution < 1.29 is 8.42 Å². The van der Waals surface area contributed by atoms with Crippen LogP contribution in [0.3, 0.4) is 0 Å². The van der Waals surface area contributed by atoms with E-state index in [0.29, 0.717) is 10.8 Å². The highest BCUT2D eigenvalue weighted by molar-refractivity contribution is 7.72. The summed E-state index contributed by atoms with van der Waals surface area (Å²) in [6.45, 7) is 6.14. The van der Waals surface area contributed by atoms with Crippen LogP contribution in [-0.4, -0.2) is 8.42 Å². The highest BCUT2D eigenvalue weighted by Crippen LogP contribution is 2.20. The molecule has 0 atom stereocenters. The smallest absolute Gasteiger partial charge is 0.168 e. The molecule has 0 amide bonds. The van der Waals surface area contributed by atoms with Crippen LogP contribution in [0, 0.1) is 6.92 Å². The van der Waals surface area contributed by atoms with E-state index in [4.69, 9.17) is 0 Å². The summed E-state index contributed by atoms with van der Waals surface area (Å²) >= 11 is 0. The maximum atomic E-state index is 10.7. The molecule has 0 unspecified atom stereocenters. The summed E-state index contributed by atoms with van der Waals surface area (Å²) in [4.78, 5) is 0.400. The van der Waals surface area contributed by atoms with E-state index < -0.39 is 10.7 Å². The molecular formula is C10H14O2S. The van der Waals surface area contributed by atoms with Crippen LogP contribution < -0.4 is 0 Å². The monoisotopic (exact) mass is 198 g/mol. The molecule has 1 aromatic rings. The fraction of sp³-hybridized carbons (Fsp3) is 0.400. The Balaban J connectivity index is 3.20. The van der Waals surface area contributed by atoms with Crippen molar-refractivity contribution in [2.75, 3.05) is 0 Å². The lowest BCUT2D eigenvalue weighted by atomic mass is 9.98. The summed E-state index contributed by atoms with van der Waals surface area (Å²) in [5, 5.41) is 0. The summed E-state index contributed by atoms with van der Waals surface area (Å²) in [5.74, 6) is 0.443. The topological polar surface area (TPSA) is 34.1 Å². The lowest BCUT2D eigenvalue weighted by Crippen LogP contribution is -1.93. The highest BCUT2D eigenvalue weighted by atomic mass is 32.2. The number of hydrogen-bond donors (Lipinski definition) is 1. The summed E-state index contributed by atoms with van der Waals surface area (Å²) < 4.78 is 21.3. The van der Waals surface area contributed by atoms with Gasteiger partial charge in [0.15, 0.2) is 10.7 Å². The summed E-state index contributed by atoms with van der Waals surface area (Å²) in [6.07, 6.45) is 0. The van der Waals surface area contributed by atoms with Gasteiger partial charge in [-0.3, -0.25) is 0 Å². The highest BCUT2D eigenvalue weighted by Gasteiger charge is 2.04. The lowest BCUT2D eigenvalue weighted by molar-refractivity contribution is 0.614. The van der Waals surface area contributed by atoms with E-state index in [2.05, 4.69) is 13.8 Å². The molecule has 0 heterocycles. The van der Waals surface area contributed by atoms with E-state index in [1.807, 2.05) is 13.0 Å². The van der Waals surface area contributed by atoms with E-state index in [1.54, 1.807) is 12.1 Å². The second-order valence-electron chi connectivity index (χ2n) is 3.45. The van der Waals surface area contributed by atoms with Crippen LogP contribution >= 0.6 is 0 Å². The van der Waals surface area contributed by atoms with Crippen LogP contribution in [0.2, 0.25) is 0 Å². The van der Waals surface area contributed by atoms with Crippen molar-refractivity contribution in [3.8, 4) is 0 Å². The number of aryl methyl sites for hydroxylation is 1. The molecule has 0 aromatic heterocycles. The number of benzene rings is 1. The fourth-order valence-electron chi connectivity index (χ4n) is 1.42. The second-order valence-corrected chi connectivity index (χ2v) is 4.48. The largest absolute Gasteiger partial charge is 0.227 e. The number of rotatable bonds is 2. The molecule has 0 aliphatic heterocycles. The molecule has 72 valence electrons. The van der Waals surface area contributed by atoms with Crippen LogP contribution in [0.5, 0.6) is 0 Å². The van der Waals surface area contributed by atoms with Gasteiger partial charge in [0.1, 0.15) is 0 Å². The average Bonchev–Trinajstić information content (AvgIpc) is 2.03. The van der Waals surface area contributed by atoms with Crippen molar-refractivity contribution in [1.82, 2.24) is 0 Å². The SMILES string of the molecule is Cc1cc([SH](=O)=O)ccc1C(C)C. The molecular weight excluding hydrogens is 184 g/mol. The Hall–Kier alpha value is -0.830. The molecule has 1 rings (SSSR count). The Kier molecular flexibility index (Phi) is 3.09. The van der Waals surface area contributed by atoms with Gasteiger partial charge in [0, 0.05) is 0 Å². The van der Waals surface area contributed by atoms with Gasteiger partial charge < -0.3 is 0 Å². The van der Waals surface area contributed by atoms with E-state index in [9.17, 15) is 8.42 Å². The number of thiol groups is 1. The van der Waals surface area contributed by atoms with Crippen LogP contribution in [0.1, 0.15) is 30.9 Å². The van der Waals surface area contributed by atoms with E-state index in [0.717, 1.165) is 5.56 Å². The van der Waals surface area contributed by atoms with Crippen LogP contribution in [0.25, 0.3) is 0 Å². The maximum absolute atomic E-state index is 10.7. The quantitative estimate of drug-likeness (QED) is 0.738. The normalized spacial score (nSPS) is 11.2. The van der Waals surface area contributed by atoms with Crippen LogP contribution in [-0.2, 0) is 10.7 Å². The summed E-state index contributed by atoms with van der Waals surface area (Å²) in [5.41, 5.74) is 2.26. The van der Waals surface area contributed by atoms with E-state index in [-0.39, 0.29) is 0 Å². The summed E-state index contributed by atoms with van der Waals surface area (Å²) in [6, 6.07) is 5.27. The van der Waals surface area contributed by atoms with Crippen molar-refractivity contribution in [3.63, 3.8) is 0 Å². The van der Waals surface area contributed by atoms with Gasteiger partial charge in [-0.2, -0.15) is 0 Å². The minimum atomic E-state index is -2.44. The molecule has 0 radical (unpaired) electrons. The molecule has 0 spiro atoms. The minimum Gasteiger partial charge on any atom is -0.227 e. The van der Waals surface area contributed by atoms with Crippen molar-refractivity contribution in [2.24, 2.45) is 0 Å². The van der Waals surface area contributed by atoms with E-state index >= 15 is 0 Å². The number of hydrogen-bond acceptors (Lipinski definition) is 2. The first-order chi connectivity index (χ1) is 6.02. The molecule has 0 saturated carbocycles. The van der Waals surface area contributed by atoms with E-state index in [1.165, 1.54) is 5.56 Å². The predicted molar refractivity (Wildman–Crippen MR) is 53.8 cm³/mol. The van der Waals surface area contributed by atoms with Gasteiger partial charge in [-0.25, -0.2) is 8.42 Å². The van der Waals surface area contributed by atoms with Gasteiger partial charge in [-0.15, -0.1) is 0 Å². The predicted octanol–water partition coefficient (Wildman–Crippen LogP) is 2.09. The van der Waals surface area contributed by atoms with Crippen molar-refractivity contribution in [1.29, 1.82) is 0 Å². The molecule has 3 heteroatoms. The Morgan fingerprint density at radius 1 is 1.23 bits per heavy atom. The minimum absolute atomic E-state index is 0.400. The van der Waals surface area contributed by atoms with Crippen LogP contribution in [0.4, 0.5) is 0 Å². The van der Waals surface area contributed by atoms with Gasteiger partial charge in [0.2, 0.25) is 0 Å². The Morgan fingerprint density at radius 3 is 2.23 bits per heavy atom. The molecule has 0 N–H and O–H groups in total. The Labute approximate surface area is 80.5 Å². The first-order valence-electron chi connectivity index (χ1n) is 4.27. The fourth-order valence-corrected chi connectivity index (χ4v) is 1.92. The second kappa shape index (κ2) is 3.92. The van der Waals surface area contributed by atoms with Crippen molar-refractivity contribution in [3.05, 3.63) is 29.3 Å². The summed E-state index contributed by atoms with van der Waals surface area (Å²) in [7, 11) is -2.44. The van der Waals surface area contributed by atoms with Crippen molar-refractivity contribution >= 4 is 10.7 Å². The third kappa shape index (κ3) is 2.31. The standard InChI is InChI=1S/C10H14O2S/c1-7(2)10-5-4-9(13(11)12)6-8(10)3/h4-7,13H,1-3H3. The van der Waals surface area contributed by atoms with Gasteiger partial charge in [-0.05, 0) is 36.1 Å². The van der Waals surface area contributed by atoms with Crippen molar-refractivity contribution in [2.45, 2.75) is 31.6 Å². The van der Waals surface area contributed by atoms with Gasteiger partial charge >= 0.3 is 0 Å². The van der Waals surface area contributed by atoms with Gasteiger partial charge in [0.05, 0.1) is 4.90 Å². The molecule has 0 bridgehead atoms. The van der Waals surface area contributed by atoms with Crippen LogP contribution in [0.15, 0.2) is 23.1 Å². The molecule has 1 aromatic carbocycles. The first-order valence-corrected chi connectivity index (χ1v) is 5.45. The Bertz CT molecular complexity index is 371. The molecule has 13 heavy (non-hydrogen) atoms. The molecule has 0 saturated heterocycles. The lowest BCUT2D eigenvalue weighted by Gasteiger charge is -2.09. The Morgan fingerprint density at radius 2 is 1.85 bits per heavy atom. The average molecular weight is 198 g/mol. The zero-order valence-electron chi connectivity index (χ0n) is 8.07. The third-order valence-electron chi connectivity index (χ3n) is 2.09. The maximum Gasteiger partial charge on any atom is 0.168 e. The molecule has 0 aliphatic rings. The third-order valence-corrected chi connectivity index (χ3v) is 2.79. The zero-order valence-corrected chi connectivity index (χ0v) is 8.97. The van der Waals surface area contributed by atoms with Gasteiger partial charge in [0.25, 0.3) is 0 Å². The molecule has 0 fully saturated rings. The van der Waals surface area contributed by atoms with Gasteiger partial charge in [-0.1, -0.05) is 19.9 Å².